The molecule has 8 fully saturated rings. The van der Waals surface area contributed by atoms with Gasteiger partial charge in [0.25, 0.3) is 0 Å². The second-order valence-corrected chi connectivity index (χ2v) is 45.5. The summed E-state index contributed by atoms with van der Waals surface area (Å²) in [5.74, 6) is -1.24. The number of alkyl halides is 12. The van der Waals surface area contributed by atoms with Crippen LogP contribution in [0, 0.1) is 92.7 Å². The Labute approximate surface area is 818 Å². The molecule has 16 rings (SSSR count). The predicted octanol–water partition coefficient (Wildman–Crippen LogP) is 33.8. The molecule has 8 aromatic carbocycles. The Balaban J connectivity index is 0.000000157. The maximum absolute atomic E-state index is 14.3. The number of carboxylic acid groups (broad SMARTS) is 4. The van der Waals surface area contributed by atoms with Gasteiger partial charge < -0.3 is 39.4 Å². The van der Waals surface area contributed by atoms with E-state index in [0.717, 1.165) is 176 Å². The van der Waals surface area contributed by atoms with Gasteiger partial charge in [0.15, 0.2) is 0 Å². The average molecular weight is 1960 g/mol. The molecule has 768 valence electrons. The Kier molecular flexibility index (Phi) is 33.7. The minimum absolute atomic E-state index is 0.0217. The number of rotatable bonds is 28. The second kappa shape index (κ2) is 43.5. The molecule has 140 heavy (non-hydrogen) atoms. The summed E-state index contributed by atoms with van der Waals surface area (Å²) in [6, 6.07) is 34.1. The van der Waals surface area contributed by atoms with Crippen LogP contribution >= 0.6 is 0 Å². The highest BCUT2D eigenvalue weighted by Gasteiger charge is 2.56. The second-order valence-electron chi connectivity index (χ2n) is 45.5. The molecule has 0 bridgehead atoms. The fraction of sp³-hybridized carbons (Fsp3) is 0.621. The van der Waals surface area contributed by atoms with Crippen LogP contribution in [0.1, 0.15) is 359 Å². The Morgan fingerprint density at radius 1 is 0.286 bits per heavy atom. The van der Waals surface area contributed by atoms with Crippen LogP contribution in [0.25, 0.3) is 43.1 Å². The van der Waals surface area contributed by atoms with Crippen molar-refractivity contribution in [2.75, 3.05) is 0 Å². The van der Waals surface area contributed by atoms with E-state index in [4.69, 9.17) is 18.9 Å². The van der Waals surface area contributed by atoms with Crippen molar-refractivity contribution in [1.82, 2.24) is 0 Å². The number of hydrogen-bond donors (Lipinski definition) is 4. The molecule has 0 saturated heterocycles. The van der Waals surface area contributed by atoms with E-state index >= 15 is 0 Å². The van der Waals surface area contributed by atoms with E-state index in [2.05, 4.69) is 27.7 Å². The van der Waals surface area contributed by atoms with Crippen LogP contribution in [0.2, 0.25) is 0 Å². The van der Waals surface area contributed by atoms with Gasteiger partial charge in [0.1, 0.15) is 45.3 Å². The highest BCUT2D eigenvalue weighted by atomic mass is 19.4. The smallest absolute Gasteiger partial charge is 0.420 e. The van der Waals surface area contributed by atoms with Gasteiger partial charge in [-0.15, -0.1) is 0 Å². The molecule has 0 aliphatic heterocycles. The largest absolute Gasteiger partial charge is 0.490 e. The summed E-state index contributed by atoms with van der Waals surface area (Å²) in [6.07, 6.45) is 5.38. The van der Waals surface area contributed by atoms with Crippen LogP contribution in [0.3, 0.4) is 0 Å². The van der Waals surface area contributed by atoms with E-state index in [1.165, 1.54) is 24.3 Å². The Morgan fingerprint density at radius 2 is 0.450 bits per heavy atom. The third-order valence-electron chi connectivity index (χ3n) is 35.7. The van der Waals surface area contributed by atoms with Crippen LogP contribution in [0.4, 0.5) is 52.7 Å². The lowest BCUT2D eigenvalue weighted by atomic mass is 9.53. The number of carbonyl (C=O) groups is 4. The zero-order valence-corrected chi connectivity index (χ0v) is 84.5. The minimum Gasteiger partial charge on any atom is -0.490 e. The highest BCUT2D eigenvalue weighted by molar-refractivity contribution is 5.92. The van der Waals surface area contributed by atoms with Gasteiger partial charge in [0.05, 0.1) is 48.1 Å². The SMILES string of the molecule is CCC1CCC(Oc2ccc3ccc([C@@H](C)C[C@@H]4C[C@@H](C(=O)O)C4(C)C)cc3c2C(F)(F)F)CC1.CCC1CCC(Oc2ccc3ccc([C@@H](C)C[C@@H]4C[C@H](C(=O)O)C4(C)C)cc3c2C(F)(F)F)CC1.CCC1CCC(Oc2ccc3ccc([C@H](C)C[C@@H]4C[C@@H](C(=O)O)C4(C)C)cc3c2C(F)(F)F)CC1.CCC1CCC(Oc2ccc3ccc([C@H](C)C[C@@H]4C[C@H](C(=O)O)C4(C)C)cc3c2C(F)(F)F)CC1. The van der Waals surface area contributed by atoms with Crippen molar-refractivity contribution >= 4 is 67.0 Å². The molecular formula is C116H148F12O12. The van der Waals surface area contributed by atoms with Gasteiger partial charge in [-0.3, -0.25) is 19.2 Å². The first-order valence-corrected chi connectivity index (χ1v) is 51.8. The van der Waals surface area contributed by atoms with Gasteiger partial charge in [-0.2, -0.15) is 52.7 Å². The van der Waals surface area contributed by atoms with Crippen LogP contribution < -0.4 is 18.9 Å². The van der Waals surface area contributed by atoms with Gasteiger partial charge in [-0.25, -0.2) is 0 Å². The molecule has 12 nitrogen and oxygen atoms in total. The van der Waals surface area contributed by atoms with Crippen LogP contribution in [0.15, 0.2) is 121 Å². The lowest BCUT2D eigenvalue weighted by Crippen LogP contribution is -2.49. The number of halogens is 12. The zero-order valence-electron chi connectivity index (χ0n) is 84.5. The number of hydrogen-bond acceptors (Lipinski definition) is 8. The summed E-state index contributed by atoms with van der Waals surface area (Å²) in [4.78, 5) is 45.9. The van der Waals surface area contributed by atoms with E-state index in [1.54, 1.807) is 72.8 Å². The number of carboxylic acids is 4. The fourth-order valence-corrected chi connectivity index (χ4v) is 25.0. The molecular weight excluding hydrogens is 1810 g/mol. The van der Waals surface area contributed by atoms with Gasteiger partial charge in [-0.05, 0) is 336 Å². The Hall–Kier alpha value is -8.96. The fourth-order valence-electron chi connectivity index (χ4n) is 25.0. The van der Waals surface area contributed by atoms with Gasteiger partial charge in [0, 0.05) is 0 Å². The summed E-state index contributed by atoms with van der Waals surface area (Å²) >= 11 is 0. The monoisotopic (exact) mass is 1960 g/mol. The first-order valence-electron chi connectivity index (χ1n) is 51.8. The third kappa shape index (κ3) is 24.3. The van der Waals surface area contributed by atoms with E-state index in [1.807, 2.05) is 107 Å². The normalized spacial score (nSPS) is 27.3. The van der Waals surface area contributed by atoms with E-state index in [9.17, 15) is 92.3 Å². The summed E-state index contributed by atoms with van der Waals surface area (Å²) in [5.41, 5.74) is -0.607. The molecule has 12 atom stereocenters. The number of fused-ring (bicyclic) bond motifs is 4. The standard InChI is InChI=1S/4C29H37F3O3/c4*1-5-18-6-11-22(12-7-18)35-25-13-10-19-8-9-20(15-23(19)26(25)29(30,31)32)17(2)14-21-16-24(27(33)34)28(21,3)4/h4*8-10,13,15,17-18,21-22,24H,5-7,11-12,14,16H2,1-4H3,(H,33,34)/t17-,18?,21+,22?,24+;17-,18?,21+,22?,24-;17-,18?,21-,22?,24+;17-,18?,21-,22?,24-/m0011/s1. The van der Waals surface area contributed by atoms with Crippen molar-refractivity contribution in [3.05, 3.63) is 166 Å². The first-order chi connectivity index (χ1) is 65.6. The van der Waals surface area contributed by atoms with Crippen LogP contribution in [-0.2, 0) is 43.9 Å². The number of ether oxygens (including phenoxy) is 4. The van der Waals surface area contributed by atoms with Gasteiger partial charge >= 0.3 is 48.6 Å². The Bertz CT molecular complexity index is 4950. The molecule has 0 aromatic heterocycles. The molecule has 8 saturated carbocycles. The van der Waals surface area contributed by atoms with Crippen molar-refractivity contribution in [3.63, 3.8) is 0 Å². The summed E-state index contributed by atoms with van der Waals surface area (Å²) < 4.78 is 196. The summed E-state index contributed by atoms with van der Waals surface area (Å²) in [6.45, 7) is 32.5. The van der Waals surface area contributed by atoms with Gasteiger partial charge in [-0.1, -0.05) is 234 Å². The van der Waals surface area contributed by atoms with Crippen molar-refractivity contribution in [1.29, 1.82) is 0 Å². The molecule has 8 aromatic rings. The predicted molar refractivity (Wildman–Crippen MR) is 527 cm³/mol. The molecule has 0 heterocycles. The average Bonchev–Trinajstić information content (AvgIpc) is 0.780. The lowest BCUT2D eigenvalue weighted by molar-refractivity contribution is -0.160. The Morgan fingerprint density at radius 3 is 0.593 bits per heavy atom. The zero-order chi connectivity index (χ0) is 102. The molecule has 4 N–H and O–H groups in total. The maximum atomic E-state index is 14.3. The number of benzene rings is 8. The van der Waals surface area contributed by atoms with Crippen molar-refractivity contribution in [3.8, 4) is 23.0 Å². The first kappa shape index (κ1) is 108. The van der Waals surface area contributed by atoms with Gasteiger partial charge in [0.2, 0.25) is 0 Å². The van der Waals surface area contributed by atoms with E-state index in [0.29, 0.717) is 70.9 Å². The molecule has 8 aliphatic carbocycles. The molecule has 8 aliphatic rings. The van der Waals surface area contributed by atoms with Crippen molar-refractivity contribution in [2.45, 2.75) is 363 Å². The summed E-state index contributed by atoms with van der Waals surface area (Å²) in [7, 11) is 0. The quantitative estimate of drug-likeness (QED) is 0.0341. The van der Waals surface area contributed by atoms with E-state index < -0.39 is 70.8 Å². The van der Waals surface area contributed by atoms with Crippen molar-refractivity contribution < 1.29 is 111 Å². The molecule has 0 radical (unpaired) electrons. The van der Waals surface area contributed by atoms with Crippen molar-refractivity contribution in [2.24, 2.45) is 92.7 Å². The maximum Gasteiger partial charge on any atom is 0.420 e. The third-order valence-corrected chi connectivity index (χ3v) is 35.7. The lowest BCUT2D eigenvalue weighted by Gasteiger charge is -2.51. The summed E-state index contributed by atoms with van der Waals surface area (Å²) in [5, 5.41) is 40.6. The highest BCUT2D eigenvalue weighted by Crippen LogP contribution is 2.61. The number of aliphatic carboxylic acids is 4. The molecule has 24 heteroatoms. The molecule has 0 unspecified atom stereocenters. The van der Waals surface area contributed by atoms with Crippen LogP contribution in [-0.4, -0.2) is 68.7 Å². The van der Waals surface area contributed by atoms with E-state index in [-0.39, 0.29) is 162 Å². The minimum atomic E-state index is -4.53. The molecule has 0 amide bonds. The van der Waals surface area contributed by atoms with Crippen LogP contribution in [0.5, 0.6) is 23.0 Å². The topological polar surface area (TPSA) is 186 Å². The molecule has 0 spiro atoms.